The van der Waals surface area contributed by atoms with E-state index in [9.17, 15) is 19.0 Å². The molecule has 2 unspecified atom stereocenters. The summed E-state index contributed by atoms with van der Waals surface area (Å²) in [6, 6.07) is 0. The van der Waals surface area contributed by atoms with Crippen LogP contribution < -0.4 is 0 Å². The number of phosphoric ester groups is 1. The van der Waals surface area contributed by atoms with Gasteiger partial charge >= 0.3 is 19.8 Å². The summed E-state index contributed by atoms with van der Waals surface area (Å²) in [5.41, 5.74) is 0. The predicted octanol–water partition coefficient (Wildman–Crippen LogP) is 24.2. The standard InChI is InChI=1S/C75H144NO8P/c1-6-8-10-12-14-16-18-20-22-24-26-28-30-32-34-36-37-38-40-41-43-45-47-49-51-53-55-57-59-61-63-65-67-74(77)81-71-73(72-83-85(79,80)82-70-69-76(3,4)5)84-75(78)68-66-64-62-60-58-56-54-52-50-48-46-44-42-39-35-33-31-29-27-25-23-21-19-17-15-13-11-9-7-2/h19,21,25,27,31,33,73H,6-18,20,22-24,26,28-30,32,34-72H2,1-5H3/p+1/b21-19-,27-25-,33-31-. The van der Waals surface area contributed by atoms with Gasteiger partial charge in [-0.2, -0.15) is 0 Å². The molecule has 0 heterocycles. The van der Waals surface area contributed by atoms with Crippen molar-refractivity contribution in [1.82, 2.24) is 0 Å². The van der Waals surface area contributed by atoms with E-state index < -0.39 is 26.5 Å². The van der Waals surface area contributed by atoms with Gasteiger partial charge in [0.15, 0.2) is 6.10 Å². The van der Waals surface area contributed by atoms with Crippen molar-refractivity contribution in [3.8, 4) is 0 Å². The summed E-state index contributed by atoms with van der Waals surface area (Å²) in [4.78, 5) is 35.9. The number of ether oxygens (including phenoxy) is 2. The molecule has 0 aliphatic rings. The predicted molar refractivity (Wildman–Crippen MR) is 367 cm³/mol. The van der Waals surface area contributed by atoms with Gasteiger partial charge in [-0.15, -0.1) is 0 Å². The SMILES string of the molecule is CCCCCCC/C=C\C/C=C\C/C=C\CCCCCCCCCCCCCCCCC(=O)OC(COC(=O)CCCCCCCCCCCCCCCCCCCCCCCCCCCCCCCCCC)COP(=O)(O)OCC[N+](C)(C)C. The minimum atomic E-state index is -4.39. The summed E-state index contributed by atoms with van der Waals surface area (Å²) in [5.74, 6) is -0.776. The highest BCUT2D eigenvalue weighted by Crippen LogP contribution is 2.43. The number of phosphoric acid groups is 1. The maximum atomic E-state index is 12.9. The number of quaternary nitrogens is 1. The van der Waals surface area contributed by atoms with Crippen LogP contribution >= 0.6 is 7.82 Å². The van der Waals surface area contributed by atoms with E-state index in [1.165, 1.54) is 302 Å². The summed E-state index contributed by atoms with van der Waals surface area (Å²) in [5, 5.41) is 0. The monoisotopic (exact) mass is 1220 g/mol. The Kier molecular flexibility index (Phi) is 65.3. The van der Waals surface area contributed by atoms with Crippen LogP contribution in [0.2, 0.25) is 0 Å². The second-order valence-electron chi connectivity index (χ2n) is 26.7. The third-order valence-electron chi connectivity index (χ3n) is 16.9. The Labute approximate surface area is 529 Å². The number of carbonyl (C=O) groups is 2. The fourth-order valence-electron chi connectivity index (χ4n) is 11.2. The smallest absolute Gasteiger partial charge is 0.462 e. The topological polar surface area (TPSA) is 108 Å². The molecule has 0 spiro atoms. The van der Waals surface area contributed by atoms with Crippen LogP contribution in [0.4, 0.5) is 0 Å². The van der Waals surface area contributed by atoms with Crippen LogP contribution in [0, 0.1) is 0 Å². The molecule has 2 atom stereocenters. The van der Waals surface area contributed by atoms with Crippen molar-refractivity contribution in [1.29, 1.82) is 0 Å². The molecule has 85 heavy (non-hydrogen) atoms. The first-order valence-corrected chi connectivity index (χ1v) is 38.7. The molecule has 0 radical (unpaired) electrons. The van der Waals surface area contributed by atoms with Crippen molar-refractivity contribution in [2.75, 3.05) is 47.5 Å². The molecule has 0 saturated carbocycles. The van der Waals surface area contributed by atoms with Crippen LogP contribution in [0.25, 0.3) is 0 Å². The Balaban J connectivity index is 3.97. The van der Waals surface area contributed by atoms with E-state index in [0.29, 0.717) is 23.9 Å². The lowest BCUT2D eigenvalue weighted by atomic mass is 10.0. The lowest BCUT2D eigenvalue weighted by molar-refractivity contribution is -0.870. The van der Waals surface area contributed by atoms with Crippen molar-refractivity contribution < 1.29 is 42.1 Å². The number of nitrogens with zero attached hydrogens (tertiary/aromatic N) is 1. The molecule has 0 rings (SSSR count). The molecule has 0 aromatic heterocycles. The van der Waals surface area contributed by atoms with Gasteiger partial charge < -0.3 is 18.9 Å². The zero-order valence-electron chi connectivity index (χ0n) is 57.4. The molecule has 0 aliphatic heterocycles. The van der Waals surface area contributed by atoms with E-state index >= 15 is 0 Å². The van der Waals surface area contributed by atoms with E-state index in [2.05, 4.69) is 50.3 Å². The molecule has 10 heteroatoms. The molecular weight excluding hydrogens is 1070 g/mol. The van der Waals surface area contributed by atoms with Gasteiger partial charge in [0.05, 0.1) is 27.7 Å². The zero-order chi connectivity index (χ0) is 61.9. The Morgan fingerprint density at radius 3 is 0.941 bits per heavy atom. The summed E-state index contributed by atoms with van der Waals surface area (Å²) in [7, 11) is 1.50. The van der Waals surface area contributed by atoms with Gasteiger partial charge in [-0.1, -0.05) is 352 Å². The Morgan fingerprint density at radius 2 is 0.635 bits per heavy atom. The van der Waals surface area contributed by atoms with Gasteiger partial charge in [0.2, 0.25) is 0 Å². The lowest BCUT2D eigenvalue weighted by Gasteiger charge is -2.24. The van der Waals surface area contributed by atoms with Crippen molar-refractivity contribution in [3.05, 3.63) is 36.5 Å². The minimum Gasteiger partial charge on any atom is -0.462 e. The van der Waals surface area contributed by atoms with Crippen LogP contribution in [0.1, 0.15) is 380 Å². The van der Waals surface area contributed by atoms with E-state index in [1.807, 2.05) is 21.1 Å². The lowest BCUT2D eigenvalue weighted by Crippen LogP contribution is -2.37. The second-order valence-corrected chi connectivity index (χ2v) is 28.1. The van der Waals surface area contributed by atoms with Crippen molar-refractivity contribution in [3.63, 3.8) is 0 Å². The van der Waals surface area contributed by atoms with Gasteiger partial charge in [0.25, 0.3) is 0 Å². The fraction of sp³-hybridized carbons (Fsp3) is 0.893. The van der Waals surface area contributed by atoms with E-state index in [0.717, 1.165) is 44.9 Å². The third-order valence-corrected chi connectivity index (χ3v) is 17.9. The number of allylic oxidation sites excluding steroid dienone is 6. The second kappa shape index (κ2) is 66.6. The number of hydrogen-bond acceptors (Lipinski definition) is 7. The van der Waals surface area contributed by atoms with Crippen LogP contribution in [-0.2, 0) is 32.7 Å². The van der Waals surface area contributed by atoms with Crippen LogP contribution in [-0.4, -0.2) is 74.9 Å². The summed E-state index contributed by atoms with van der Waals surface area (Å²) < 4.78 is 34.8. The van der Waals surface area contributed by atoms with E-state index in [-0.39, 0.29) is 25.6 Å². The van der Waals surface area contributed by atoms with Gasteiger partial charge in [-0.25, -0.2) is 4.57 Å². The van der Waals surface area contributed by atoms with Gasteiger partial charge in [-0.05, 0) is 51.4 Å². The van der Waals surface area contributed by atoms with Gasteiger partial charge in [-0.3, -0.25) is 18.6 Å². The molecule has 9 nitrogen and oxygen atoms in total. The molecular formula is C75H145NO8P+. The van der Waals surface area contributed by atoms with E-state index in [1.54, 1.807) is 0 Å². The first-order chi connectivity index (χ1) is 41.5. The molecule has 502 valence electrons. The van der Waals surface area contributed by atoms with Crippen LogP contribution in [0.5, 0.6) is 0 Å². The molecule has 0 saturated heterocycles. The average Bonchev–Trinajstić information content (AvgIpc) is 3.50. The average molecular weight is 1220 g/mol. The molecule has 0 amide bonds. The van der Waals surface area contributed by atoms with Gasteiger partial charge in [0, 0.05) is 12.8 Å². The van der Waals surface area contributed by atoms with Crippen molar-refractivity contribution in [2.45, 2.75) is 386 Å². The maximum Gasteiger partial charge on any atom is 0.472 e. The molecule has 0 aliphatic carbocycles. The Bertz CT molecular complexity index is 1530. The molecule has 0 bridgehead atoms. The summed E-state index contributed by atoms with van der Waals surface area (Å²) in [6.45, 7) is 4.50. The largest absolute Gasteiger partial charge is 0.472 e. The summed E-state index contributed by atoms with van der Waals surface area (Å²) >= 11 is 0. The zero-order valence-corrected chi connectivity index (χ0v) is 58.3. The number of carbonyl (C=O) groups excluding carboxylic acids is 2. The molecule has 1 N–H and O–H groups in total. The van der Waals surface area contributed by atoms with Crippen LogP contribution in [0.3, 0.4) is 0 Å². The quantitative estimate of drug-likeness (QED) is 0.0211. The van der Waals surface area contributed by atoms with Gasteiger partial charge in [0.1, 0.15) is 19.8 Å². The maximum absolute atomic E-state index is 12.9. The molecule has 0 fully saturated rings. The normalized spacial score (nSPS) is 13.2. The van der Waals surface area contributed by atoms with Crippen molar-refractivity contribution in [2.24, 2.45) is 0 Å². The first-order valence-electron chi connectivity index (χ1n) is 37.2. The molecule has 0 aromatic rings. The Hall–Kier alpha value is -1.77. The number of unbranched alkanes of at least 4 members (excludes halogenated alkanes) is 50. The highest BCUT2D eigenvalue weighted by atomic mass is 31.2. The number of likely N-dealkylation sites (N-methyl/N-ethyl adjacent to an activating group) is 1. The highest BCUT2D eigenvalue weighted by Gasteiger charge is 2.27. The molecule has 0 aromatic carbocycles. The number of rotatable bonds is 70. The number of hydrogen-bond donors (Lipinski definition) is 1. The first kappa shape index (κ1) is 83.2. The van der Waals surface area contributed by atoms with E-state index in [4.69, 9.17) is 18.5 Å². The van der Waals surface area contributed by atoms with Crippen LogP contribution in [0.15, 0.2) is 36.5 Å². The Morgan fingerprint density at radius 1 is 0.365 bits per heavy atom. The minimum absolute atomic E-state index is 0.0340. The third kappa shape index (κ3) is 71.2. The number of esters is 2. The highest BCUT2D eigenvalue weighted by molar-refractivity contribution is 7.47. The summed E-state index contributed by atoms with van der Waals surface area (Å²) in [6.07, 6.45) is 85.6. The fourth-order valence-corrected chi connectivity index (χ4v) is 11.9. The van der Waals surface area contributed by atoms with Crippen molar-refractivity contribution >= 4 is 19.8 Å².